The molecule has 0 aromatic heterocycles. The lowest BCUT2D eigenvalue weighted by Crippen LogP contribution is -2.35. The fraction of sp³-hybridized carbons (Fsp3) is 0.353. The van der Waals surface area contributed by atoms with E-state index in [9.17, 15) is 19.5 Å². The highest BCUT2D eigenvalue weighted by molar-refractivity contribution is 8.18. The Morgan fingerprint density at radius 2 is 2.08 bits per heavy atom. The third kappa shape index (κ3) is 4.70. The van der Waals surface area contributed by atoms with Crippen LogP contribution in [0.25, 0.3) is 6.08 Å². The number of rotatable bonds is 6. The third-order valence-electron chi connectivity index (χ3n) is 3.18. The quantitative estimate of drug-likeness (QED) is 0.578. The number of aromatic hydroxyl groups is 1. The van der Waals surface area contributed by atoms with E-state index in [0.717, 1.165) is 4.90 Å². The Morgan fingerprint density at radius 3 is 2.69 bits per heavy atom. The van der Waals surface area contributed by atoms with Gasteiger partial charge in [-0.15, -0.1) is 0 Å². The van der Waals surface area contributed by atoms with Crippen LogP contribution in [0.2, 0.25) is 5.02 Å². The van der Waals surface area contributed by atoms with Crippen molar-refractivity contribution < 1.29 is 29.0 Å². The molecule has 1 heterocycles. The number of carbonyl (C=O) groups is 3. The fourth-order valence-corrected chi connectivity index (χ4v) is 3.22. The summed E-state index contributed by atoms with van der Waals surface area (Å²) in [5.41, 5.74) is 0.478. The minimum atomic E-state index is -0.658. The van der Waals surface area contributed by atoms with Gasteiger partial charge in [-0.05, 0) is 56.3 Å². The molecule has 0 radical (unpaired) electrons. The lowest BCUT2D eigenvalue weighted by molar-refractivity contribution is -0.149. The summed E-state index contributed by atoms with van der Waals surface area (Å²) in [4.78, 5) is 37.1. The summed E-state index contributed by atoms with van der Waals surface area (Å²) >= 11 is 6.67. The maximum Gasteiger partial charge on any atom is 0.326 e. The average molecular weight is 400 g/mol. The molecule has 1 aliphatic heterocycles. The second kappa shape index (κ2) is 8.46. The number of phenols is 1. The van der Waals surface area contributed by atoms with Gasteiger partial charge in [-0.1, -0.05) is 11.6 Å². The Kier molecular flexibility index (Phi) is 6.55. The van der Waals surface area contributed by atoms with E-state index in [1.54, 1.807) is 20.8 Å². The second-order valence-electron chi connectivity index (χ2n) is 5.59. The van der Waals surface area contributed by atoms with Gasteiger partial charge in [0.05, 0.1) is 22.6 Å². The van der Waals surface area contributed by atoms with E-state index in [1.165, 1.54) is 18.2 Å². The van der Waals surface area contributed by atoms with Crippen LogP contribution in [0.4, 0.5) is 4.79 Å². The second-order valence-corrected chi connectivity index (χ2v) is 6.99. The van der Waals surface area contributed by atoms with Crippen molar-refractivity contribution >= 4 is 46.6 Å². The highest BCUT2D eigenvalue weighted by Crippen LogP contribution is 2.38. The normalized spacial score (nSPS) is 15.9. The molecule has 2 amide bonds. The van der Waals surface area contributed by atoms with Gasteiger partial charge in [-0.3, -0.25) is 19.3 Å². The van der Waals surface area contributed by atoms with Crippen molar-refractivity contribution in [2.75, 3.05) is 13.2 Å². The molecule has 0 bridgehead atoms. The predicted octanol–water partition coefficient (Wildman–Crippen LogP) is 3.43. The van der Waals surface area contributed by atoms with Crippen molar-refractivity contribution in [2.45, 2.75) is 26.9 Å². The van der Waals surface area contributed by atoms with Crippen LogP contribution < -0.4 is 4.74 Å². The highest BCUT2D eigenvalue weighted by atomic mass is 35.5. The highest BCUT2D eigenvalue weighted by Gasteiger charge is 2.36. The molecule has 140 valence electrons. The van der Waals surface area contributed by atoms with E-state index in [4.69, 9.17) is 21.1 Å². The summed E-state index contributed by atoms with van der Waals surface area (Å²) in [6, 6.07) is 2.95. The van der Waals surface area contributed by atoms with Gasteiger partial charge in [-0.25, -0.2) is 0 Å². The predicted molar refractivity (Wildman–Crippen MR) is 98.2 cm³/mol. The number of carbonyl (C=O) groups excluding carboxylic acids is 3. The van der Waals surface area contributed by atoms with E-state index in [2.05, 4.69) is 0 Å². The molecule has 1 N–H and O–H groups in total. The summed E-state index contributed by atoms with van der Waals surface area (Å²) in [7, 11) is 0. The first-order valence-corrected chi connectivity index (χ1v) is 9.02. The summed E-state index contributed by atoms with van der Waals surface area (Å²) in [5.74, 6) is -1.28. The Balaban J connectivity index is 2.23. The number of nitrogens with zero attached hydrogens (tertiary/aromatic N) is 1. The fourth-order valence-electron chi connectivity index (χ4n) is 2.16. The van der Waals surface area contributed by atoms with E-state index >= 15 is 0 Å². The van der Waals surface area contributed by atoms with Crippen LogP contribution in [-0.2, 0) is 14.3 Å². The van der Waals surface area contributed by atoms with Gasteiger partial charge in [-0.2, -0.15) is 0 Å². The van der Waals surface area contributed by atoms with E-state index in [1.807, 2.05) is 0 Å². The molecule has 0 aliphatic carbocycles. The first-order valence-electron chi connectivity index (χ1n) is 7.83. The summed E-state index contributed by atoms with van der Waals surface area (Å²) in [5, 5.41) is 9.36. The third-order valence-corrected chi connectivity index (χ3v) is 4.37. The molecular weight excluding hydrogens is 382 g/mol. The number of phenolic OH excluding ortho intramolecular Hbond substituents is 1. The Morgan fingerprint density at radius 1 is 1.38 bits per heavy atom. The molecule has 1 fully saturated rings. The molecule has 0 saturated carbocycles. The smallest absolute Gasteiger partial charge is 0.326 e. The lowest BCUT2D eigenvalue weighted by atomic mass is 10.2. The van der Waals surface area contributed by atoms with Gasteiger partial charge in [0.2, 0.25) is 0 Å². The first-order chi connectivity index (χ1) is 12.2. The van der Waals surface area contributed by atoms with Gasteiger partial charge in [0, 0.05) is 0 Å². The van der Waals surface area contributed by atoms with Crippen molar-refractivity contribution in [3.05, 3.63) is 27.6 Å². The molecule has 1 saturated heterocycles. The van der Waals surface area contributed by atoms with Crippen LogP contribution in [-0.4, -0.2) is 46.4 Å². The number of thioether (sulfide) groups is 1. The van der Waals surface area contributed by atoms with Crippen molar-refractivity contribution in [3.63, 3.8) is 0 Å². The number of benzene rings is 1. The molecule has 9 heteroatoms. The first kappa shape index (κ1) is 20.1. The molecular formula is C17H18ClNO6S. The molecule has 1 aromatic carbocycles. The topological polar surface area (TPSA) is 93.1 Å². The number of hydrogen-bond donors (Lipinski definition) is 1. The van der Waals surface area contributed by atoms with Crippen molar-refractivity contribution in [1.29, 1.82) is 0 Å². The minimum Gasteiger partial charge on any atom is -0.503 e. The van der Waals surface area contributed by atoms with E-state index < -0.39 is 23.7 Å². The van der Waals surface area contributed by atoms with E-state index in [-0.39, 0.29) is 27.5 Å². The Bertz CT molecular complexity index is 777. The van der Waals surface area contributed by atoms with Gasteiger partial charge < -0.3 is 14.6 Å². The van der Waals surface area contributed by atoms with E-state index in [0.29, 0.717) is 23.9 Å². The molecule has 7 nitrogen and oxygen atoms in total. The van der Waals surface area contributed by atoms with Crippen LogP contribution in [0.5, 0.6) is 11.5 Å². The number of hydrogen-bond acceptors (Lipinski definition) is 7. The van der Waals surface area contributed by atoms with Crippen molar-refractivity contribution in [2.24, 2.45) is 0 Å². The monoisotopic (exact) mass is 399 g/mol. The largest absolute Gasteiger partial charge is 0.503 e. The van der Waals surface area contributed by atoms with Crippen LogP contribution in [0.1, 0.15) is 26.3 Å². The van der Waals surface area contributed by atoms with Crippen molar-refractivity contribution in [3.8, 4) is 11.5 Å². The average Bonchev–Trinajstić information content (AvgIpc) is 2.79. The van der Waals surface area contributed by atoms with Gasteiger partial charge in [0.1, 0.15) is 6.54 Å². The van der Waals surface area contributed by atoms with Gasteiger partial charge >= 0.3 is 5.97 Å². The SMILES string of the molecule is CCOc1cc(/C=C2/SC(=O)N(CC(=O)OC(C)C)C2=O)cc(Cl)c1O. The standard InChI is InChI=1S/C17H18ClNO6S/c1-4-24-12-6-10(5-11(18)15(12)21)7-13-16(22)19(17(23)26-13)8-14(20)25-9(2)3/h5-7,9,21H,4,8H2,1-3H3/b13-7+. The lowest BCUT2D eigenvalue weighted by Gasteiger charge is -2.13. The number of ether oxygens (including phenoxy) is 2. The summed E-state index contributed by atoms with van der Waals surface area (Å²) in [6.45, 7) is 4.98. The maximum atomic E-state index is 12.4. The van der Waals surface area contributed by atoms with Gasteiger partial charge in [0.15, 0.2) is 11.5 Å². The van der Waals surface area contributed by atoms with Crippen molar-refractivity contribution in [1.82, 2.24) is 4.90 Å². The number of esters is 1. The zero-order valence-corrected chi connectivity index (χ0v) is 16.0. The molecule has 0 spiro atoms. The molecule has 1 aliphatic rings. The Labute approximate surface area is 159 Å². The molecule has 0 unspecified atom stereocenters. The Hall–Kier alpha value is -2.19. The zero-order valence-electron chi connectivity index (χ0n) is 14.4. The maximum absolute atomic E-state index is 12.4. The molecule has 26 heavy (non-hydrogen) atoms. The van der Waals surface area contributed by atoms with Crippen LogP contribution in [0.3, 0.4) is 0 Å². The zero-order chi connectivity index (χ0) is 19.4. The summed E-state index contributed by atoms with van der Waals surface area (Å²) in [6.07, 6.45) is 1.11. The van der Waals surface area contributed by atoms with Gasteiger partial charge in [0.25, 0.3) is 11.1 Å². The number of amides is 2. The molecule has 0 atom stereocenters. The number of imide groups is 1. The molecule has 1 aromatic rings. The summed E-state index contributed by atoms with van der Waals surface area (Å²) < 4.78 is 10.2. The molecule has 2 rings (SSSR count). The number of halogens is 1. The van der Waals surface area contributed by atoms with Crippen LogP contribution >= 0.6 is 23.4 Å². The van der Waals surface area contributed by atoms with Crippen LogP contribution in [0, 0.1) is 0 Å². The van der Waals surface area contributed by atoms with Crippen LogP contribution in [0.15, 0.2) is 17.0 Å². The minimum absolute atomic E-state index is 0.0574.